The van der Waals surface area contributed by atoms with Crippen LogP contribution >= 0.6 is 11.8 Å². The van der Waals surface area contributed by atoms with Gasteiger partial charge in [-0.15, -0.1) is 0 Å². The van der Waals surface area contributed by atoms with E-state index in [9.17, 15) is 4.79 Å². The molecule has 106 valence electrons. The highest BCUT2D eigenvalue weighted by Crippen LogP contribution is 2.22. The van der Waals surface area contributed by atoms with Gasteiger partial charge in [-0.05, 0) is 13.8 Å². The Morgan fingerprint density at radius 3 is 2.70 bits per heavy atom. The molecule has 0 aliphatic carbocycles. The lowest BCUT2D eigenvalue weighted by atomic mass is 10.3. The topological polar surface area (TPSA) is 98.7 Å². The Morgan fingerprint density at radius 1 is 1.40 bits per heavy atom. The Bertz CT molecular complexity index is 639. The van der Waals surface area contributed by atoms with Crippen molar-refractivity contribution in [1.82, 2.24) is 19.7 Å². The lowest BCUT2D eigenvalue weighted by Crippen LogP contribution is -2.15. The highest BCUT2D eigenvalue weighted by atomic mass is 32.2. The fourth-order valence-electron chi connectivity index (χ4n) is 1.71. The summed E-state index contributed by atoms with van der Waals surface area (Å²) in [5, 5.41) is 7.66. The Balaban J connectivity index is 1.98. The molecule has 0 spiro atoms. The molecule has 0 saturated heterocycles. The van der Waals surface area contributed by atoms with E-state index in [1.807, 2.05) is 20.9 Å². The number of nitrogen functional groups attached to an aromatic ring is 1. The van der Waals surface area contributed by atoms with Crippen LogP contribution in [0.1, 0.15) is 11.4 Å². The van der Waals surface area contributed by atoms with Crippen LogP contribution in [0.5, 0.6) is 0 Å². The quantitative estimate of drug-likeness (QED) is 0.820. The van der Waals surface area contributed by atoms with Gasteiger partial charge in [0.15, 0.2) is 5.82 Å². The predicted molar refractivity (Wildman–Crippen MR) is 78.5 cm³/mol. The molecule has 20 heavy (non-hydrogen) atoms. The van der Waals surface area contributed by atoms with Crippen molar-refractivity contribution in [2.24, 2.45) is 7.05 Å². The van der Waals surface area contributed by atoms with Crippen LogP contribution in [0.2, 0.25) is 0 Å². The van der Waals surface area contributed by atoms with Gasteiger partial charge in [0, 0.05) is 19.4 Å². The van der Waals surface area contributed by atoms with E-state index in [-0.39, 0.29) is 11.7 Å². The first kappa shape index (κ1) is 14.3. The van der Waals surface area contributed by atoms with Crippen molar-refractivity contribution in [2.75, 3.05) is 16.8 Å². The van der Waals surface area contributed by atoms with Gasteiger partial charge in [0.05, 0.1) is 22.8 Å². The number of aromatic nitrogens is 4. The van der Waals surface area contributed by atoms with Crippen molar-refractivity contribution < 1.29 is 4.79 Å². The van der Waals surface area contributed by atoms with Crippen LogP contribution in [-0.4, -0.2) is 31.4 Å². The van der Waals surface area contributed by atoms with E-state index < -0.39 is 0 Å². The summed E-state index contributed by atoms with van der Waals surface area (Å²) < 4.78 is 1.73. The summed E-state index contributed by atoms with van der Waals surface area (Å²) in [6.07, 6.45) is 3.06. The maximum atomic E-state index is 12.0. The maximum absolute atomic E-state index is 12.0. The van der Waals surface area contributed by atoms with E-state index >= 15 is 0 Å². The molecule has 1 amide bonds. The summed E-state index contributed by atoms with van der Waals surface area (Å²) in [5.41, 5.74) is 8.14. The molecular formula is C12H16N6OS. The molecule has 8 heteroatoms. The zero-order chi connectivity index (χ0) is 14.7. The molecular weight excluding hydrogens is 276 g/mol. The molecule has 2 aromatic heterocycles. The summed E-state index contributed by atoms with van der Waals surface area (Å²) in [6, 6.07) is 0. The van der Waals surface area contributed by atoms with Gasteiger partial charge >= 0.3 is 0 Å². The molecule has 0 fully saturated rings. The third kappa shape index (κ3) is 3.08. The average Bonchev–Trinajstić information content (AvgIpc) is 2.64. The lowest BCUT2D eigenvalue weighted by molar-refractivity contribution is -0.113. The van der Waals surface area contributed by atoms with Crippen LogP contribution in [0, 0.1) is 13.8 Å². The van der Waals surface area contributed by atoms with E-state index in [0.29, 0.717) is 10.8 Å². The highest BCUT2D eigenvalue weighted by molar-refractivity contribution is 8.00. The maximum Gasteiger partial charge on any atom is 0.234 e. The second-order valence-electron chi connectivity index (χ2n) is 4.25. The van der Waals surface area contributed by atoms with Crippen LogP contribution in [0.4, 0.5) is 11.5 Å². The number of nitrogens with two attached hydrogens (primary N) is 1. The molecule has 0 aliphatic rings. The van der Waals surface area contributed by atoms with Crippen molar-refractivity contribution in [1.29, 1.82) is 0 Å². The molecule has 0 unspecified atom stereocenters. The number of amides is 1. The number of nitrogens with zero attached hydrogens (tertiary/aromatic N) is 4. The molecule has 2 aromatic rings. The Kier molecular flexibility index (Phi) is 4.23. The normalized spacial score (nSPS) is 10.6. The summed E-state index contributed by atoms with van der Waals surface area (Å²) in [7, 11) is 1.84. The number of thioether (sulfide) groups is 1. The molecule has 0 saturated carbocycles. The Labute approximate surface area is 121 Å². The lowest BCUT2D eigenvalue weighted by Gasteiger charge is -2.06. The standard InChI is InChI=1S/C12H16N6OS/c1-7-10(8(2)18(3)17-7)16-9(19)6-20-12-11(13)14-4-5-15-12/h4-5H,6H2,1-3H3,(H2,13,14)(H,16,19). The monoisotopic (exact) mass is 292 g/mol. The Morgan fingerprint density at radius 2 is 2.10 bits per heavy atom. The highest BCUT2D eigenvalue weighted by Gasteiger charge is 2.13. The molecule has 0 aliphatic heterocycles. The molecule has 2 heterocycles. The zero-order valence-corrected chi connectivity index (χ0v) is 12.4. The number of aryl methyl sites for hydroxylation is 2. The van der Waals surface area contributed by atoms with Crippen molar-refractivity contribution >= 4 is 29.2 Å². The van der Waals surface area contributed by atoms with Crippen LogP contribution in [0.25, 0.3) is 0 Å². The largest absolute Gasteiger partial charge is 0.381 e. The predicted octanol–water partition coefficient (Wildman–Crippen LogP) is 1.14. The fourth-order valence-corrected chi connectivity index (χ4v) is 2.39. The van der Waals surface area contributed by atoms with Crippen LogP contribution in [0.15, 0.2) is 17.4 Å². The SMILES string of the molecule is Cc1nn(C)c(C)c1NC(=O)CSc1nccnc1N. The van der Waals surface area contributed by atoms with E-state index in [1.165, 1.54) is 18.0 Å². The summed E-state index contributed by atoms with van der Waals surface area (Å²) >= 11 is 1.26. The molecule has 7 nitrogen and oxygen atoms in total. The van der Waals surface area contributed by atoms with Gasteiger partial charge in [-0.3, -0.25) is 9.48 Å². The number of carbonyl (C=O) groups excluding carboxylic acids is 1. The molecule has 0 atom stereocenters. The minimum atomic E-state index is -0.126. The number of hydrogen-bond donors (Lipinski definition) is 2. The zero-order valence-electron chi connectivity index (χ0n) is 11.5. The summed E-state index contributed by atoms with van der Waals surface area (Å²) in [5.74, 6) is 0.426. The Hall–Kier alpha value is -2.09. The molecule has 2 rings (SSSR count). The second-order valence-corrected chi connectivity index (χ2v) is 5.22. The minimum Gasteiger partial charge on any atom is -0.381 e. The third-order valence-electron chi connectivity index (χ3n) is 2.80. The van der Waals surface area contributed by atoms with E-state index in [1.54, 1.807) is 10.9 Å². The van der Waals surface area contributed by atoms with Gasteiger partial charge in [0.2, 0.25) is 5.91 Å². The summed E-state index contributed by atoms with van der Waals surface area (Å²) in [6.45, 7) is 3.76. The first-order chi connectivity index (χ1) is 9.49. The van der Waals surface area contributed by atoms with Crippen molar-refractivity contribution in [2.45, 2.75) is 18.9 Å². The van der Waals surface area contributed by atoms with E-state index in [0.717, 1.165) is 17.1 Å². The third-order valence-corrected chi connectivity index (χ3v) is 3.80. The van der Waals surface area contributed by atoms with Gasteiger partial charge in [0.25, 0.3) is 0 Å². The first-order valence-electron chi connectivity index (χ1n) is 5.98. The van der Waals surface area contributed by atoms with Crippen LogP contribution in [0.3, 0.4) is 0 Å². The van der Waals surface area contributed by atoms with Crippen molar-refractivity contribution in [3.05, 3.63) is 23.8 Å². The van der Waals surface area contributed by atoms with Crippen molar-refractivity contribution in [3.63, 3.8) is 0 Å². The van der Waals surface area contributed by atoms with E-state index in [2.05, 4.69) is 20.4 Å². The number of nitrogens with one attached hydrogen (secondary N) is 1. The smallest absolute Gasteiger partial charge is 0.234 e. The number of anilines is 2. The van der Waals surface area contributed by atoms with Gasteiger partial charge in [-0.1, -0.05) is 11.8 Å². The van der Waals surface area contributed by atoms with Crippen LogP contribution in [-0.2, 0) is 11.8 Å². The second kappa shape index (κ2) is 5.91. The van der Waals surface area contributed by atoms with Crippen molar-refractivity contribution in [3.8, 4) is 0 Å². The van der Waals surface area contributed by atoms with E-state index in [4.69, 9.17) is 5.73 Å². The molecule has 3 N–H and O–H groups in total. The summed E-state index contributed by atoms with van der Waals surface area (Å²) in [4.78, 5) is 20.0. The van der Waals surface area contributed by atoms with Gasteiger partial charge in [0.1, 0.15) is 5.03 Å². The average molecular weight is 292 g/mol. The van der Waals surface area contributed by atoms with Crippen LogP contribution < -0.4 is 11.1 Å². The fraction of sp³-hybridized carbons (Fsp3) is 0.333. The molecule has 0 aromatic carbocycles. The van der Waals surface area contributed by atoms with Gasteiger partial charge in [-0.2, -0.15) is 5.10 Å². The van der Waals surface area contributed by atoms with Gasteiger partial charge in [-0.25, -0.2) is 9.97 Å². The number of hydrogen-bond acceptors (Lipinski definition) is 6. The molecule has 0 bridgehead atoms. The minimum absolute atomic E-state index is 0.126. The number of rotatable bonds is 4. The van der Waals surface area contributed by atoms with Gasteiger partial charge < -0.3 is 11.1 Å². The molecule has 0 radical (unpaired) electrons. The number of carbonyl (C=O) groups is 1. The first-order valence-corrected chi connectivity index (χ1v) is 6.97.